The summed E-state index contributed by atoms with van der Waals surface area (Å²) < 4.78 is 5.39. The van der Waals surface area contributed by atoms with Crippen LogP contribution in [-0.2, 0) is 16.0 Å². The molecule has 2 rings (SSSR count). The largest absolute Gasteiger partial charge is 0.366 e. The third-order valence-corrected chi connectivity index (χ3v) is 3.34. The van der Waals surface area contributed by atoms with E-state index in [0.29, 0.717) is 24.1 Å². The van der Waals surface area contributed by atoms with Crippen molar-refractivity contribution < 1.29 is 19.1 Å². The number of carbonyl (C=O) groups is 3. The van der Waals surface area contributed by atoms with E-state index < -0.39 is 11.5 Å². The molecular weight excluding hydrogens is 284 g/mol. The summed E-state index contributed by atoms with van der Waals surface area (Å²) in [6.07, 6.45) is 1.02. The maximum atomic E-state index is 11.9. The van der Waals surface area contributed by atoms with E-state index in [-0.39, 0.29) is 23.9 Å². The van der Waals surface area contributed by atoms with Crippen LogP contribution in [0.1, 0.15) is 53.5 Å². The zero-order chi connectivity index (χ0) is 16.5. The molecule has 1 aromatic rings. The number of aryl methyl sites for hydroxylation is 1. The standard InChI is InChI=1S/C16H20N2O4/c1-16(2,3)22-8-14(20)18-12-6-9-4-5-13(19)10(9)7-11(12)15(17)21/h6-7H,4-5,8H2,1-3H3,(H2,17,21)(H,18,20). The second-order valence-corrected chi connectivity index (χ2v) is 6.29. The summed E-state index contributed by atoms with van der Waals surface area (Å²) in [5, 5.41) is 2.63. The number of Topliss-reactive ketones (excluding diaryl/α,β-unsaturated/α-hetero) is 1. The Labute approximate surface area is 129 Å². The normalized spacial score (nSPS) is 13.9. The topological polar surface area (TPSA) is 98.5 Å². The minimum Gasteiger partial charge on any atom is -0.366 e. The Morgan fingerprint density at radius 3 is 2.55 bits per heavy atom. The maximum Gasteiger partial charge on any atom is 0.250 e. The Morgan fingerprint density at radius 2 is 1.95 bits per heavy atom. The van der Waals surface area contributed by atoms with Gasteiger partial charge in [0.05, 0.1) is 16.9 Å². The molecule has 0 aliphatic heterocycles. The van der Waals surface area contributed by atoms with Crippen molar-refractivity contribution in [1.29, 1.82) is 0 Å². The van der Waals surface area contributed by atoms with Gasteiger partial charge in [0.2, 0.25) is 5.91 Å². The highest BCUT2D eigenvalue weighted by Crippen LogP contribution is 2.28. The molecule has 0 aromatic heterocycles. The van der Waals surface area contributed by atoms with E-state index in [1.54, 1.807) is 6.07 Å². The van der Waals surface area contributed by atoms with Gasteiger partial charge in [-0.15, -0.1) is 0 Å². The number of amides is 2. The molecule has 0 radical (unpaired) electrons. The van der Waals surface area contributed by atoms with Crippen molar-refractivity contribution in [3.8, 4) is 0 Å². The SMILES string of the molecule is CC(C)(C)OCC(=O)Nc1cc2c(cc1C(N)=O)C(=O)CC2. The minimum atomic E-state index is -0.686. The zero-order valence-electron chi connectivity index (χ0n) is 13.0. The molecule has 0 bridgehead atoms. The predicted octanol–water partition coefficient (Wildman–Crippen LogP) is 1.67. The summed E-state index contributed by atoms with van der Waals surface area (Å²) in [6.45, 7) is 5.40. The summed E-state index contributed by atoms with van der Waals surface area (Å²) in [5.41, 5.74) is 6.70. The first-order valence-corrected chi connectivity index (χ1v) is 7.11. The van der Waals surface area contributed by atoms with Crippen molar-refractivity contribution in [1.82, 2.24) is 0 Å². The van der Waals surface area contributed by atoms with Crippen molar-refractivity contribution in [2.45, 2.75) is 39.2 Å². The van der Waals surface area contributed by atoms with E-state index in [4.69, 9.17) is 10.5 Å². The molecule has 22 heavy (non-hydrogen) atoms. The molecule has 6 nitrogen and oxygen atoms in total. The fraction of sp³-hybridized carbons (Fsp3) is 0.438. The minimum absolute atomic E-state index is 0.00792. The maximum absolute atomic E-state index is 11.9. The highest BCUT2D eigenvalue weighted by molar-refractivity contribution is 6.08. The monoisotopic (exact) mass is 304 g/mol. The molecule has 1 aromatic carbocycles. The Hall–Kier alpha value is -2.21. The molecule has 0 unspecified atom stereocenters. The lowest BCUT2D eigenvalue weighted by molar-refractivity contribution is -0.125. The average Bonchev–Trinajstić information content (AvgIpc) is 2.76. The number of benzene rings is 1. The van der Waals surface area contributed by atoms with Crippen LogP contribution in [0, 0.1) is 0 Å². The van der Waals surface area contributed by atoms with Crippen LogP contribution in [0.3, 0.4) is 0 Å². The fourth-order valence-electron chi connectivity index (χ4n) is 2.27. The van der Waals surface area contributed by atoms with E-state index in [1.165, 1.54) is 6.07 Å². The van der Waals surface area contributed by atoms with Crippen LogP contribution in [0.4, 0.5) is 5.69 Å². The van der Waals surface area contributed by atoms with Gasteiger partial charge in [-0.25, -0.2) is 0 Å². The van der Waals surface area contributed by atoms with Gasteiger partial charge in [0, 0.05) is 12.0 Å². The molecule has 6 heteroatoms. The first-order valence-electron chi connectivity index (χ1n) is 7.11. The van der Waals surface area contributed by atoms with Crippen LogP contribution in [0.15, 0.2) is 12.1 Å². The Morgan fingerprint density at radius 1 is 1.27 bits per heavy atom. The van der Waals surface area contributed by atoms with Crippen LogP contribution in [0.25, 0.3) is 0 Å². The van der Waals surface area contributed by atoms with E-state index in [9.17, 15) is 14.4 Å². The van der Waals surface area contributed by atoms with Gasteiger partial charge in [-0.05, 0) is 44.9 Å². The average molecular weight is 304 g/mol. The number of anilines is 1. The van der Waals surface area contributed by atoms with Gasteiger partial charge in [-0.2, -0.15) is 0 Å². The first-order chi connectivity index (χ1) is 10.2. The molecule has 1 aliphatic rings. The van der Waals surface area contributed by atoms with Crippen LogP contribution >= 0.6 is 0 Å². The van der Waals surface area contributed by atoms with Gasteiger partial charge >= 0.3 is 0 Å². The predicted molar refractivity (Wildman–Crippen MR) is 81.9 cm³/mol. The number of nitrogens with one attached hydrogen (secondary N) is 1. The number of nitrogens with two attached hydrogens (primary N) is 1. The van der Waals surface area contributed by atoms with Crippen LogP contribution < -0.4 is 11.1 Å². The van der Waals surface area contributed by atoms with Crippen LogP contribution in [0.5, 0.6) is 0 Å². The third-order valence-electron chi connectivity index (χ3n) is 3.34. The fourth-order valence-corrected chi connectivity index (χ4v) is 2.27. The third kappa shape index (κ3) is 3.71. The lowest BCUT2D eigenvalue weighted by Gasteiger charge is -2.19. The molecule has 0 saturated heterocycles. The Kier molecular flexibility index (Phi) is 4.32. The molecule has 0 fully saturated rings. The van der Waals surface area contributed by atoms with Crippen molar-refractivity contribution in [2.24, 2.45) is 5.73 Å². The zero-order valence-corrected chi connectivity index (χ0v) is 13.0. The quantitative estimate of drug-likeness (QED) is 0.884. The lowest BCUT2D eigenvalue weighted by Crippen LogP contribution is -2.28. The second-order valence-electron chi connectivity index (χ2n) is 6.29. The van der Waals surface area contributed by atoms with Crippen molar-refractivity contribution in [3.63, 3.8) is 0 Å². The number of hydrogen-bond acceptors (Lipinski definition) is 4. The van der Waals surface area contributed by atoms with Gasteiger partial charge in [0.1, 0.15) is 6.61 Å². The van der Waals surface area contributed by atoms with E-state index in [2.05, 4.69) is 5.32 Å². The Bertz CT molecular complexity index is 644. The number of hydrogen-bond donors (Lipinski definition) is 2. The Balaban J connectivity index is 2.22. The van der Waals surface area contributed by atoms with Crippen LogP contribution in [0.2, 0.25) is 0 Å². The molecule has 3 N–H and O–H groups in total. The number of rotatable bonds is 4. The van der Waals surface area contributed by atoms with Crippen molar-refractivity contribution >= 4 is 23.3 Å². The number of ether oxygens (including phenoxy) is 1. The number of ketones is 1. The van der Waals surface area contributed by atoms with Gasteiger partial charge in [-0.3, -0.25) is 14.4 Å². The van der Waals surface area contributed by atoms with E-state index >= 15 is 0 Å². The summed E-state index contributed by atoms with van der Waals surface area (Å²) in [5.74, 6) is -1.07. The molecule has 118 valence electrons. The van der Waals surface area contributed by atoms with Crippen molar-refractivity contribution in [3.05, 3.63) is 28.8 Å². The number of fused-ring (bicyclic) bond motifs is 1. The summed E-state index contributed by atoms with van der Waals surface area (Å²) in [6, 6.07) is 3.11. The molecule has 0 spiro atoms. The number of carbonyl (C=O) groups excluding carboxylic acids is 3. The molecule has 0 saturated carbocycles. The van der Waals surface area contributed by atoms with E-state index in [0.717, 1.165) is 5.56 Å². The summed E-state index contributed by atoms with van der Waals surface area (Å²) in [4.78, 5) is 35.2. The molecule has 1 aliphatic carbocycles. The molecule has 0 atom stereocenters. The van der Waals surface area contributed by atoms with Gasteiger partial charge < -0.3 is 15.8 Å². The molecule has 2 amide bonds. The first kappa shape index (κ1) is 16.2. The van der Waals surface area contributed by atoms with E-state index in [1.807, 2.05) is 20.8 Å². The molecule has 0 heterocycles. The number of primary amides is 1. The smallest absolute Gasteiger partial charge is 0.250 e. The summed E-state index contributed by atoms with van der Waals surface area (Å²) >= 11 is 0. The highest BCUT2D eigenvalue weighted by atomic mass is 16.5. The van der Waals surface area contributed by atoms with Gasteiger partial charge in [-0.1, -0.05) is 0 Å². The highest BCUT2D eigenvalue weighted by Gasteiger charge is 2.24. The molecular formula is C16H20N2O4. The van der Waals surface area contributed by atoms with Gasteiger partial charge in [0.25, 0.3) is 5.91 Å². The second kappa shape index (κ2) is 5.88. The van der Waals surface area contributed by atoms with Crippen molar-refractivity contribution in [2.75, 3.05) is 11.9 Å². The van der Waals surface area contributed by atoms with Gasteiger partial charge in [0.15, 0.2) is 5.78 Å². The summed E-state index contributed by atoms with van der Waals surface area (Å²) in [7, 11) is 0. The van der Waals surface area contributed by atoms with Crippen LogP contribution in [-0.4, -0.2) is 29.8 Å². The lowest BCUT2D eigenvalue weighted by atomic mass is 10.0.